The molecule has 0 unspecified atom stereocenters. The van der Waals surface area contributed by atoms with E-state index in [1.165, 1.54) is 0 Å². The van der Waals surface area contributed by atoms with Crippen LogP contribution in [0.2, 0.25) is 0 Å². The van der Waals surface area contributed by atoms with Crippen LogP contribution in [0.15, 0.2) is 53.3 Å². The molecule has 3 aromatic rings. The maximum atomic E-state index is 12.1. The van der Waals surface area contributed by atoms with Gasteiger partial charge in [0.2, 0.25) is 0 Å². The van der Waals surface area contributed by atoms with Crippen molar-refractivity contribution in [1.82, 2.24) is 4.98 Å². The Balaban J connectivity index is 2.12. The summed E-state index contributed by atoms with van der Waals surface area (Å²) in [5.74, 6) is 0. The highest BCUT2D eigenvalue weighted by molar-refractivity contribution is 5.85. The maximum absolute atomic E-state index is 12.1. The van der Waals surface area contributed by atoms with Gasteiger partial charge in [0.25, 0.3) is 5.56 Å². The Labute approximate surface area is 122 Å². The minimum atomic E-state index is -0.126. The van der Waals surface area contributed by atoms with Gasteiger partial charge in [-0.05, 0) is 29.3 Å². The van der Waals surface area contributed by atoms with Gasteiger partial charge in [-0.3, -0.25) is 4.79 Å². The standard InChI is InChI=1S/C18H14N2O/c1-12-16(11-19)10-15(18(21)20-12)9-14-7-4-6-13-5-2-3-8-17(13)14/h2-8,10H,9H2,1H3,(H,20,21). The minimum absolute atomic E-state index is 0.126. The smallest absolute Gasteiger partial charge is 0.251 e. The normalized spacial score (nSPS) is 10.5. The quantitative estimate of drug-likeness (QED) is 0.779. The number of aryl methyl sites for hydroxylation is 1. The molecular weight excluding hydrogens is 260 g/mol. The second-order valence-corrected chi connectivity index (χ2v) is 5.09. The van der Waals surface area contributed by atoms with Crippen LogP contribution in [0, 0.1) is 18.3 Å². The number of rotatable bonds is 2. The number of aromatic amines is 1. The molecule has 0 saturated heterocycles. The lowest BCUT2D eigenvalue weighted by molar-refractivity contribution is 1.05. The number of nitrogens with one attached hydrogen (secondary N) is 1. The number of aromatic nitrogens is 1. The number of fused-ring (bicyclic) bond motifs is 1. The predicted molar refractivity (Wildman–Crippen MR) is 83.3 cm³/mol. The summed E-state index contributed by atoms with van der Waals surface area (Å²) in [6, 6.07) is 18.0. The molecule has 0 bridgehead atoms. The first-order valence-corrected chi connectivity index (χ1v) is 6.78. The number of pyridine rings is 1. The molecule has 102 valence electrons. The van der Waals surface area contributed by atoms with Gasteiger partial charge in [0.05, 0.1) is 5.56 Å². The minimum Gasteiger partial charge on any atom is -0.325 e. The third kappa shape index (κ3) is 2.44. The molecule has 0 atom stereocenters. The fraction of sp³-hybridized carbons (Fsp3) is 0.111. The number of benzene rings is 2. The van der Waals surface area contributed by atoms with Gasteiger partial charge in [-0.25, -0.2) is 0 Å². The van der Waals surface area contributed by atoms with Crippen LogP contribution in [-0.2, 0) is 6.42 Å². The number of hydrogen-bond donors (Lipinski definition) is 1. The second kappa shape index (κ2) is 5.26. The summed E-state index contributed by atoms with van der Waals surface area (Å²) in [4.78, 5) is 14.8. The van der Waals surface area contributed by atoms with E-state index in [9.17, 15) is 4.79 Å². The summed E-state index contributed by atoms with van der Waals surface area (Å²) >= 11 is 0. The van der Waals surface area contributed by atoms with Crippen molar-refractivity contribution < 1.29 is 0 Å². The molecule has 3 nitrogen and oxygen atoms in total. The molecule has 1 aromatic heterocycles. The van der Waals surface area contributed by atoms with Crippen molar-refractivity contribution >= 4 is 10.8 Å². The maximum Gasteiger partial charge on any atom is 0.251 e. The molecule has 21 heavy (non-hydrogen) atoms. The van der Waals surface area contributed by atoms with Gasteiger partial charge in [-0.1, -0.05) is 42.5 Å². The van der Waals surface area contributed by atoms with E-state index in [0.29, 0.717) is 23.2 Å². The van der Waals surface area contributed by atoms with Crippen LogP contribution in [0.1, 0.15) is 22.4 Å². The molecule has 0 fully saturated rings. The fourth-order valence-corrected chi connectivity index (χ4v) is 2.57. The van der Waals surface area contributed by atoms with Crippen LogP contribution < -0.4 is 5.56 Å². The molecular formula is C18H14N2O. The van der Waals surface area contributed by atoms with Crippen LogP contribution in [0.5, 0.6) is 0 Å². The Kier molecular flexibility index (Phi) is 3.29. The van der Waals surface area contributed by atoms with Crippen molar-refractivity contribution in [2.24, 2.45) is 0 Å². The van der Waals surface area contributed by atoms with Gasteiger partial charge in [0, 0.05) is 17.7 Å². The summed E-state index contributed by atoms with van der Waals surface area (Å²) in [5.41, 5.74) is 2.72. The van der Waals surface area contributed by atoms with Gasteiger partial charge in [0.1, 0.15) is 6.07 Å². The lowest BCUT2D eigenvalue weighted by Gasteiger charge is -2.07. The van der Waals surface area contributed by atoms with Crippen molar-refractivity contribution in [1.29, 1.82) is 5.26 Å². The van der Waals surface area contributed by atoms with E-state index in [4.69, 9.17) is 5.26 Å². The molecule has 0 saturated carbocycles. The molecule has 0 spiro atoms. The largest absolute Gasteiger partial charge is 0.325 e. The molecule has 3 rings (SSSR count). The highest BCUT2D eigenvalue weighted by Crippen LogP contribution is 2.20. The molecule has 1 heterocycles. The van der Waals surface area contributed by atoms with Gasteiger partial charge < -0.3 is 4.98 Å². The SMILES string of the molecule is Cc1[nH]c(=O)c(Cc2cccc3ccccc23)cc1C#N. The molecule has 0 aliphatic carbocycles. The Hall–Kier alpha value is -2.86. The third-order valence-corrected chi connectivity index (χ3v) is 3.70. The average Bonchev–Trinajstić information content (AvgIpc) is 2.50. The summed E-state index contributed by atoms with van der Waals surface area (Å²) < 4.78 is 0. The Morgan fingerprint density at radius 3 is 2.67 bits per heavy atom. The zero-order chi connectivity index (χ0) is 14.8. The molecule has 0 radical (unpaired) electrons. The van der Waals surface area contributed by atoms with Crippen LogP contribution >= 0.6 is 0 Å². The molecule has 0 amide bonds. The topological polar surface area (TPSA) is 56.6 Å². The van der Waals surface area contributed by atoms with Crippen molar-refractivity contribution in [2.45, 2.75) is 13.3 Å². The molecule has 2 aromatic carbocycles. The molecule has 0 aliphatic heterocycles. The summed E-state index contributed by atoms with van der Waals surface area (Å²) in [7, 11) is 0. The van der Waals surface area contributed by atoms with Crippen molar-refractivity contribution in [2.75, 3.05) is 0 Å². The van der Waals surface area contributed by atoms with E-state index in [1.807, 2.05) is 24.3 Å². The van der Waals surface area contributed by atoms with Crippen LogP contribution in [0.3, 0.4) is 0 Å². The fourth-order valence-electron chi connectivity index (χ4n) is 2.57. The Morgan fingerprint density at radius 2 is 1.86 bits per heavy atom. The highest BCUT2D eigenvalue weighted by Gasteiger charge is 2.08. The Morgan fingerprint density at radius 1 is 1.10 bits per heavy atom. The number of H-pyrrole nitrogens is 1. The summed E-state index contributed by atoms with van der Waals surface area (Å²) in [6.45, 7) is 1.74. The first-order chi connectivity index (χ1) is 10.2. The van der Waals surface area contributed by atoms with Crippen LogP contribution in [-0.4, -0.2) is 4.98 Å². The molecule has 1 N–H and O–H groups in total. The third-order valence-electron chi connectivity index (χ3n) is 3.70. The first-order valence-electron chi connectivity index (χ1n) is 6.78. The van der Waals surface area contributed by atoms with Crippen LogP contribution in [0.25, 0.3) is 10.8 Å². The second-order valence-electron chi connectivity index (χ2n) is 5.09. The van der Waals surface area contributed by atoms with E-state index in [1.54, 1.807) is 13.0 Å². The van der Waals surface area contributed by atoms with E-state index >= 15 is 0 Å². The first kappa shape index (κ1) is 13.1. The van der Waals surface area contributed by atoms with Crippen molar-refractivity contribution in [3.05, 3.63) is 81.3 Å². The zero-order valence-electron chi connectivity index (χ0n) is 11.7. The summed E-state index contributed by atoms with van der Waals surface area (Å²) in [5, 5.41) is 11.4. The predicted octanol–water partition coefficient (Wildman–Crippen LogP) is 3.30. The molecule has 3 heteroatoms. The lowest BCUT2D eigenvalue weighted by atomic mass is 9.98. The van der Waals surface area contributed by atoms with E-state index in [0.717, 1.165) is 16.3 Å². The van der Waals surface area contributed by atoms with Crippen molar-refractivity contribution in [3.8, 4) is 6.07 Å². The van der Waals surface area contributed by atoms with Gasteiger partial charge in [0.15, 0.2) is 0 Å². The molecule has 0 aliphatic rings. The lowest BCUT2D eigenvalue weighted by Crippen LogP contribution is -2.15. The monoisotopic (exact) mass is 274 g/mol. The number of nitriles is 1. The van der Waals surface area contributed by atoms with Crippen molar-refractivity contribution in [3.63, 3.8) is 0 Å². The van der Waals surface area contributed by atoms with E-state index in [2.05, 4.69) is 29.3 Å². The number of hydrogen-bond acceptors (Lipinski definition) is 2. The van der Waals surface area contributed by atoms with Crippen LogP contribution in [0.4, 0.5) is 0 Å². The zero-order valence-corrected chi connectivity index (χ0v) is 11.7. The van der Waals surface area contributed by atoms with Gasteiger partial charge >= 0.3 is 0 Å². The number of nitrogens with zero attached hydrogens (tertiary/aromatic N) is 1. The average molecular weight is 274 g/mol. The van der Waals surface area contributed by atoms with E-state index in [-0.39, 0.29) is 5.56 Å². The van der Waals surface area contributed by atoms with Gasteiger partial charge in [-0.2, -0.15) is 5.26 Å². The summed E-state index contributed by atoms with van der Waals surface area (Å²) in [6.07, 6.45) is 0.519. The van der Waals surface area contributed by atoms with Gasteiger partial charge in [-0.15, -0.1) is 0 Å². The Bertz CT molecular complexity index is 911. The van der Waals surface area contributed by atoms with E-state index < -0.39 is 0 Å². The highest BCUT2D eigenvalue weighted by atomic mass is 16.1.